The van der Waals surface area contributed by atoms with E-state index in [1.807, 2.05) is 6.92 Å². The van der Waals surface area contributed by atoms with Crippen LogP contribution < -0.4 is 5.56 Å². The van der Waals surface area contributed by atoms with E-state index in [-0.39, 0.29) is 12.2 Å². The van der Waals surface area contributed by atoms with Gasteiger partial charge in [-0.2, -0.15) is 0 Å². The van der Waals surface area contributed by atoms with Gasteiger partial charge in [0.1, 0.15) is 0 Å². The molecular weight excluding hydrogens is 192 g/mol. The molecule has 1 aromatic carbocycles. The highest BCUT2D eigenvalue weighted by molar-refractivity contribution is 5.33. The Balaban J connectivity index is 2.45. The largest absolute Gasteiger partial charge is 0.392 e. The summed E-state index contributed by atoms with van der Waals surface area (Å²) in [6.07, 6.45) is 0. The summed E-state index contributed by atoms with van der Waals surface area (Å²) in [4.78, 5) is 11.5. The number of aromatic nitrogens is 2. The van der Waals surface area contributed by atoms with Crippen molar-refractivity contribution in [3.63, 3.8) is 0 Å². The molecule has 0 aliphatic carbocycles. The predicted octanol–water partition coefficient (Wildman–Crippen LogP) is 0.966. The van der Waals surface area contributed by atoms with E-state index in [4.69, 9.17) is 5.11 Å². The topological polar surface area (TPSA) is 58.0 Å². The fourth-order valence-electron chi connectivity index (χ4n) is 1.46. The van der Waals surface area contributed by atoms with Crippen LogP contribution in [-0.2, 0) is 6.61 Å². The number of benzene rings is 1. The molecule has 0 fully saturated rings. The van der Waals surface area contributed by atoms with Crippen LogP contribution in [0.5, 0.6) is 0 Å². The summed E-state index contributed by atoms with van der Waals surface area (Å²) >= 11 is 0. The highest BCUT2D eigenvalue weighted by Crippen LogP contribution is 2.07. The maximum atomic E-state index is 11.5. The number of aliphatic hydroxyl groups is 1. The summed E-state index contributed by atoms with van der Waals surface area (Å²) in [5, 5.41) is 11.8. The van der Waals surface area contributed by atoms with E-state index >= 15 is 0 Å². The fourth-order valence-corrected chi connectivity index (χ4v) is 1.46. The van der Waals surface area contributed by atoms with E-state index in [0.29, 0.717) is 0 Å². The van der Waals surface area contributed by atoms with E-state index in [2.05, 4.69) is 5.10 Å². The number of H-pyrrole nitrogens is 1. The number of aliphatic hydroxyl groups excluding tert-OH is 1. The van der Waals surface area contributed by atoms with Gasteiger partial charge < -0.3 is 5.11 Å². The van der Waals surface area contributed by atoms with Crippen molar-refractivity contribution in [3.8, 4) is 5.69 Å². The molecule has 0 saturated carbocycles. The summed E-state index contributed by atoms with van der Waals surface area (Å²) in [5.74, 6) is 0. The Labute approximate surface area is 86.8 Å². The minimum Gasteiger partial charge on any atom is -0.392 e. The standard InChI is InChI=1S/C11H12N2O2/c1-8-6-11(15)13(12-8)10-4-2-9(7-14)3-5-10/h2-6,12,14H,7H2,1H3. The molecule has 0 amide bonds. The van der Waals surface area contributed by atoms with Crippen molar-refractivity contribution in [2.75, 3.05) is 0 Å². The predicted molar refractivity (Wildman–Crippen MR) is 57.0 cm³/mol. The van der Waals surface area contributed by atoms with Crippen molar-refractivity contribution in [1.29, 1.82) is 0 Å². The molecule has 1 heterocycles. The Morgan fingerprint density at radius 1 is 1.33 bits per heavy atom. The first-order chi connectivity index (χ1) is 7.20. The number of aromatic amines is 1. The summed E-state index contributed by atoms with van der Waals surface area (Å²) < 4.78 is 1.47. The molecule has 0 aliphatic heterocycles. The SMILES string of the molecule is Cc1cc(=O)n(-c2ccc(CO)cc2)[nH]1. The van der Waals surface area contributed by atoms with Gasteiger partial charge in [0.25, 0.3) is 5.56 Å². The quantitative estimate of drug-likeness (QED) is 0.765. The second kappa shape index (κ2) is 3.74. The van der Waals surface area contributed by atoms with Gasteiger partial charge in [-0.3, -0.25) is 9.89 Å². The molecule has 15 heavy (non-hydrogen) atoms. The number of rotatable bonds is 2. The second-order valence-corrected chi connectivity index (χ2v) is 3.44. The third-order valence-corrected chi connectivity index (χ3v) is 2.23. The van der Waals surface area contributed by atoms with Gasteiger partial charge in [0.05, 0.1) is 12.3 Å². The number of hydrogen-bond donors (Lipinski definition) is 2. The van der Waals surface area contributed by atoms with E-state index in [9.17, 15) is 4.79 Å². The van der Waals surface area contributed by atoms with Gasteiger partial charge in [-0.05, 0) is 24.6 Å². The molecule has 2 aromatic rings. The van der Waals surface area contributed by atoms with Crippen LogP contribution in [0.1, 0.15) is 11.3 Å². The molecule has 0 bridgehead atoms. The Kier molecular flexibility index (Phi) is 2.43. The lowest BCUT2D eigenvalue weighted by Gasteiger charge is -2.02. The van der Waals surface area contributed by atoms with E-state index < -0.39 is 0 Å². The summed E-state index contributed by atoms with van der Waals surface area (Å²) in [5.41, 5.74) is 2.34. The normalized spacial score (nSPS) is 10.5. The summed E-state index contributed by atoms with van der Waals surface area (Å²) in [6, 6.07) is 8.71. The second-order valence-electron chi connectivity index (χ2n) is 3.44. The zero-order valence-electron chi connectivity index (χ0n) is 8.40. The molecule has 0 saturated heterocycles. The molecule has 2 rings (SSSR count). The summed E-state index contributed by atoms with van der Waals surface area (Å²) in [7, 11) is 0. The Hall–Kier alpha value is -1.81. The van der Waals surface area contributed by atoms with Crippen LogP contribution in [0.25, 0.3) is 5.69 Å². The average molecular weight is 204 g/mol. The van der Waals surface area contributed by atoms with E-state index in [1.165, 1.54) is 4.68 Å². The zero-order valence-corrected chi connectivity index (χ0v) is 8.40. The first-order valence-electron chi connectivity index (χ1n) is 4.69. The molecule has 78 valence electrons. The van der Waals surface area contributed by atoms with Gasteiger partial charge >= 0.3 is 0 Å². The lowest BCUT2D eigenvalue weighted by molar-refractivity contribution is 0.282. The molecule has 2 N–H and O–H groups in total. The molecular formula is C11H12N2O2. The van der Waals surface area contributed by atoms with Crippen molar-refractivity contribution >= 4 is 0 Å². The lowest BCUT2D eigenvalue weighted by Crippen LogP contribution is -2.13. The Bertz CT molecular complexity index is 508. The first kappa shape index (κ1) is 9.73. The monoisotopic (exact) mass is 204 g/mol. The van der Waals surface area contributed by atoms with Crippen LogP contribution in [-0.4, -0.2) is 14.9 Å². The van der Waals surface area contributed by atoms with E-state index in [1.54, 1.807) is 30.3 Å². The highest BCUT2D eigenvalue weighted by atomic mass is 16.3. The van der Waals surface area contributed by atoms with Crippen molar-refractivity contribution in [2.24, 2.45) is 0 Å². The molecule has 0 atom stereocenters. The number of aryl methyl sites for hydroxylation is 1. The third kappa shape index (κ3) is 1.85. The molecule has 0 aliphatic rings. The van der Waals surface area contributed by atoms with Gasteiger partial charge in [-0.15, -0.1) is 0 Å². The molecule has 4 heteroatoms. The number of nitrogens with one attached hydrogen (secondary N) is 1. The van der Waals surface area contributed by atoms with Crippen LogP contribution in [0.15, 0.2) is 35.1 Å². The minimum atomic E-state index is -0.0794. The maximum Gasteiger partial charge on any atom is 0.271 e. The first-order valence-corrected chi connectivity index (χ1v) is 4.69. The van der Waals surface area contributed by atoms with E-state index in [0.717, 1.165) is 16.9 Å². The van der Waals surface area contributed by atoms with Crippen molar-refractivity contribution in [1.82, 2.24) is 9.78 Å². The van der Waals surface area contributed by atoms with Crippen LogP contribution in [0.2, 0.25) is 0 Å². The third-order valence-electron chi connectivity index (χ3n) is 2.23. The molecule has 0 unspecified atom stereocenters. The zero-order chi connectivity index (χ0) is 10.8. The molecule has 1 aromatic heterocycles. The van der Waals surface area contributed by atoms with Crippen LogP contribution >= 0.6 is 0 Å². The lowest BCUT2D eigenvalue weighted by atomic mass is 10.2. The van der Waals surface area contributed by atoms with Gasteiger partial charge in [-0.1, -0.05) is 12.1 Å². The fraction of sp³-hybridized carbons (Fsp3) is 0.182. The Morgan fingerprint density at radius 3 is 2.47 bits per heavy atom. The Morgan fingerprint density at radius 2 is 2.00 bits per heavy atom. The van der Waals surface area contributed by atoms with Crippen LogP contribution in [0, 0.1) is 6.92 Å². The van der Waals surface area contributed by atoms with Crippen molar-refractivity contribution in [3.05, 3.63) is 51.9 Å². The molecule has 4 nitrogen and oxygen atoms in total. The van der Waals surface area contributed by atoms with Crippen LogP contribution in [0.4, 0.5) is 0 Å². The van der Waals surface area contributed by atoms with Gasteiger partial charge in [-0.25, -0.2) is 4.68 Å². The maximum absolute atomic E-state index is 11.5. The van der Waals surface area contributed by atoms with Crippen molar-refractivity contribution < 1.29 is 5.11 Å². The molecule has 0 radical (unpaired) electrons. The average Bonchev–Trinajstić information content (AvgIpc) is 2.58. The van der Waals surface area contributed by atoms with Crippen molar-refractivity contribution in [2.45, 2.75) is 13.5 Å². The van der Waals surface area contributed by atoms with Crippen LogP contribution in [0.3, 0.4) is 0 Å². The molecule has 0 spiro atoms. The van der Waals surface area contributed by atoms with Gasteiger partial charge in [0.2, 0.25) is 0 Å². The number of nitrogens with zero attached hydrogens (tertiary/aromatic N) is 1. The van der Waals surface area contributed by atoms with Gasteiger partial charge in [0, 0.05) is 11.8 Å². The summed E-state index contributed by atoms with van der Waals surface area (Å²) in [6.45, 7) is 1.85. The number of hydrogen-bond acceptors (Lipinski definition) is 2. The smallest absolute Gasteiger partial charge is 0.271 e. The van der Waals surface area contributed by atoms with Gasteiger partial charge in [0.15, 0.2) is 0 Å². The minimum absolute atomic E-state index is 0.0128. The highest BCUT2D eigenvalue weighted by Gasteiger charge is 2.01.